The first kappa shape index (κ1) is 14.8. The maximum absolute atomic E-state index is 12.4. The summed E-state index contributed by atoms with van der Waals surface area (Å²) < 4.78 is 0. The van der Waals surface area contributed by atoms with E-state index < -0.39 is 12.0 Å². The Morgan fingerprint density at radius 3 is 2.70 bits per heavy atom. The van der Waals surface area contributed by atoms with Gasteiger partial charge in [-0.25, -0.2) is 4.79 Å². The van der Waals surface area contributed by atoms with Gasteiger partial charge in [0.15, 0.2) is 0 Å². The summed E-state index contributed by atoms with van der Waals surface area (Å²) in [6.07, 6.45) is 1.45. The zero-order chi connectivity index (χ0) is 14.9. The summed E-state index contributed by atoms with van der Waals surface area (Å²) in [5.74, 6) is -1.12. The molecule has 2 atom stereocenters. The lowest BCUT2D eigenvalue weighted by atomic mass is 10.1. The molecule has 2 fully saturated rings. The molecule has 0 saturated carbocycles. The molecule has 2 aliphatic heterocycles. The molecule has 20 heavy (non-hydrogen) atoms. The minimum atomic E-state index is -0.945. The van der Waals surface area contributed by atoms with E-state index >= 15 is 0 Å². The molecule has 0 spiro atoms. The Kier molecular flexibility index (Phi) is 4.30. The number of carbonyl (C=O) groups excluding carboxylic acids is 2. The van der Waals surface area contributed by atoms with Crippen LogP contribution in [0.5, 0.6) is 0 Å². The average Bonchev–Trinajstić information content (AvgIpc) is 2.95. The zero-order valence-electron chi connectivity index (χ0n) is 12.0. The number of carboxylic acid groups (broad SMARTS) is 1. The van der Waals surface area contributed by atoms with Gasteiger partial charge in [0.05, 0.1) is 5.92 Å². The first-order valence-corrected chi connectivity index (χ1v) is 7.21. The highest BCUT2D eigenvalue weighted by Gasteiger charge is 2.41. The molecule has 0 radical (unpaired) electrons. The van der Waals surface area contributed by atoms with Gasteiger partial charge in [0.25, 0.3) is 0 Å². The van der Waals surface area contributed by atoms with Gasteiger partial charge in [-0.2, -0.15) is 0 Å². The third-order valence-electron chi connectivity index (χ3n) is 3.97. The van der Waals surface area contributed by atoms with E-state index in [9.17, 15) is 14.4 Å². The number of carboxylic acids is 1. The fourth-order valence-corrected chi connectivity index (χ4v) is 3.08. The largest absolute Gasteiger partial charge is 0.480 e. The van der Waals surface area contributed by atoms with Crippen LogP contribution in [0, 0.1) is 11.8 Å². The van der Waals surface area contributed by atoms with Crippen molar-refractivity contribution in [3.8, 4) is 0 Å². The van der Waals surface area contributed by atoms with Gasteiger partial charge in [-0.15, -0.1) is 0 Å². The van der Waals surface area contributed by atoms with Crippen molar-refractivity contribution in [2.45, 2.75) is 39.2 Å². The molecule has 2 amide bonds. The van der Waals surface area contributed by atoms with Crippen LogP contribution in [-0.4, -0.2) is 58.4 Å². The average molecular weight is 282 g/mol. The first-order valence-electron chi connectivity index (χ1n) is 7.21. The van der Waals surface area contributed by atoms with Gasteiger partial charge < -0.3 is 14.9 Å². The number of carbonyl (C=O) groups is 3. The Morgan fingerprint density at radius 1 is 1.40 bits per heavy atom. The number of nitrogens with zero attached hydrogens (tertiary/aromatic N) is 2. The van der Waals surface area contributed by atoms with Crippen LogP contribution in [0.25, 0.3) is 0 Å². The summed E-state index contributed by atoms with van der Waals surface area (Å²) in [6, 6.07) is -0.711. The van der Waals surface area contributed by atoms with Gasteiger partial charge in [-0.05, 0) is 18.8 Å². The quantitative estimate of drug-likeness (QED) is 0.817. The topological polar surface area (TPSA) is 77.9 Å². The Bertz CT molecular complexity index is 421. The van der Waals surface area contributed by atoms with Crippen molar-refractivity contribution in [2.75, 3.05) is 19.6 Å². The van der Waals surface area contributed by atoms with Crippen LogP contribution in [0.4, 0.5) is 0 Å². The van der Waals surface area contributed by atoms with E-state index in [2.05, 4.69) is 0 Å². The van der Waals surface area contributed by atoms with Crippen LogP contribution in [0.2, 0.25) is 0 Å². The summed E-state index contributed by atoms with van der Waals surface area (Å²) in [4.78, 5) is 38.6. The third-order valence-corrected chi connectivity index (χ3v) is 3.97. The number of amides is 2. The molecule has 0 aromatic heterocycles. The zero-order valence-corrected chi connectivity index (χ0v) is 12.0. The minimum absolute atomic E-state index is 0.00289. The van der Waals surface area contributed by atoms with Crippen LogP contribution in [-0.2, 0) is 14.4 Å². The van der Waals surface area contributed by atoms with Gasteiger partial charge in [0.1, 0.15) is 6.04 Å². The van der Waals surface area contributed by atoms with E-state index in [0.717, 1.165) is 6.42 Å². The number of hydrogen-bond donors (Lipinski definition) is 1. The molecular weight excluding hydrogens is 260 g/mol. The number of likely N-dealkylation sites (tertiary alicyclic amines) is 2. The first-order chi connectivity index (χ1) is 9.40. The van der Waals surface area contributed by atoms with E-state index in [0.29, 0.717) is 32.0 Å². The van der Waals surface area contributed by atoms with Crippen molar-refractivity contribution in [1.82, 2.24) is 9.80 Å². The lowest BCUT2D eigenvalue weighted by molar-refractivity contribution is -0.149. The maximum Gasteiger partial charge on any atom is 0.326 e. The molecule has 2 saturated heterocycles. The molecule has 1 N–H and O–H groups in total. The lowest BCUT2D eigenvalue weighted by Crippen LogP contribution is -2.44. The summed E-state index contributed by atoms with van der Waals surface area (Å²) in [7, 11) is 0. The Hall–Kier alpha value is -1.59. The van der Waals surface area contributed by atoms with E-state index in [-0.39, 0.29) is 24.2 Å². The maximum atomic E-state index is 12.4. The van der Waals surface area contributed by atoms with Gasteiger partial charge in [0, 0.05) is 26.1 Å². The molecule has 2 heterocycles. The van der Waals surface area contributed by atoms with E-state index in [1.807, 2.05) is 13.8 Å². The molecule has 112 valence electrons. The number of rotatable bonds is 4. The predicted molar refractivity (Wildman–Crippen MR) is 71.9 cm³/mol. The lowest BCUT2D eigenvalue weighted by Gasteiger charge is -2.25. The molecular formula is C14H22N2O4. The van der Waals surface area contributed by atoms with Gasteiger partial charge in [0.2, 0.25) is 11.8 Å². The molecule has 0 aromatic rings. The Balaban J connectivity index is 2.00. The fraction of sp³-hybridized carbons (Fsp3) is 0.786. The van der Waals surface area contributed by atoms with Gasteiger partial charge in [-0.3, -0.25) is 9.59 Å². The van der Waals surface area contributed by atoms with E-state index in [1.165, 1.54) is 4.90 Å². The second-order valence-corrected chi connectivity index (χ2v) is 6.12. The number of aliphatic carboxylic acids is 1. The van der Waals surface area contributed by atoms with Crippen molar-refractivity contribution >= 4 is 17.8 Å². The molecule has 1 unspecified atom stereocenters. The highest BCUT2D eigenvalue weighted by atomic mass is 16.4. The second-order valence-electron chi connectivity index (χ2n) is 6.12. The smallest absolute Gasteiger partial charge is 0.326 e. The molecule has 2 rings (SSSR count). The SMILES string of the molecule is CC(C)CN1CC(C(=O)N2CCC[C@H]2C(=O)O)CC1=O. The number of hydrogen-bond acceptors (Lipinski definition) is 3. The molecule has 0 aliphatic carbocycles. The Morgan fingerprint density at radius 2 is 2.10 bits per heavy atom. The normalized spacial score (nSPS) is 26.6. The van der Waals surface area contributed by atoms with Crippen LogP contribution >= 0.6 is 0 Å². The van der Waals surface area contributed by atoms with Crippen molar-refractivity contribution < 1.29 is 19.5 Å². The van der Waals surface area contributed by atoms with Crippen LogP contribution < -0.4 is 0 Å². The van der Waals surface area contributed by atoms with Gasteiger partial charge >= 0.3 is 5.97 Å². The summed E-state index contributed by atoms with van der Waals surface area (Å²) in [5, 5.41) is 9.13. The summed E-state index contributed by atoms with van der Waals surface area (Å²) in [5.41, 5.74) is 0. The Labute approximate surface area is 118 Å². The van der Waals surface area contributed by atoms with Crippen LogP contribution in [0.3, 0.4) is 0 Å². The second kappa shape index (κ2) is 5.81. The van der Waals surface area contributed by atoms with Crippen molar-refractivity contribution in [1.29, 1.82) is 0 Å². The third kappa shape index (κ3) is 2.94. The van der Waals surface area contributed by atoms with Gasteiger partial charge in [-0.1, -0.05) is 13.8 Å². The van der Waals surface area contributed by atoms with Crippen LogP contribution in [0.1, 0.15) is 33.1 Å². The van der Waals surface area contributed by atoms with E-state index in [4.69, 9.17) is 5.11 Å². The molecule has 2 aliphatic rings. The van der Waals surface area contributed by atoms with E-state index in [1.54, 1.807) is 4.90 Å². The standard InChI is InChI=1S/C14H22N2O4/c1-9(2)7-15-8-10(6-12(15)17)13(18)16-5-3-4-11(16)14(19)20/h9-11H,3-8H2,1-2H3,(H,19,20)/t10?,11-/m0/s1. The highest BCUT2D eigenvalue weighted by Crippen LogP contribution is 2.26. The van der Waals surface area contributed by atoms with Crippen LogP contribution in [0.15, 0.2) is 0 Å². The fourth-order valence-electron chi connectivity index (χ4n) is 3.08. The molecule has 0 aromatic carbocycles. The monoisotopic (exact) mass is 282 g/mol. The minimum Gasteiger partial charge on any atom is -0.480 e. The molecule has 0 bridgehead atoms. The summed E-state index contributed by atoms with van der Waals surface area (Å²) >= 11 is 0. The van der Waals surface area contributed by atoms with Crippen molar-refractivity contribution in [2.24, 2.45) is 11.8 Å². The summed E-state index contributed by atoms with van der Waals surface area (Å²) in [6.45, 7) is 5.64. The van der Waals surface area contributed by atoms with Crippen molar-refractivity contribution in [3.63, 3.8) is 0 Å². The molecule has 6 heteroatoms. The highest BCUT2D eigenvalue weighted by molar-refractivity contribution is 5.91. The van der Waals surface area contributed by atoms with Crippen molar-refractivity contribution in [3.05, 3.63) is 0 Å². The molecule has 6 nitrogen and oxygen atoms in total. The predicted octanol–water partition coefficient (Wildman–Crippen LogP) is 0.566.